The summed E-state index contributed by atoms with van der Waals surface area (Å²) in [5, 5.41) is 11.3. The molecular weight excluding hydrogens is 266 g/mol. The number of hydrogen-bond acceptors (Lipinski definition) is 4. The third-order valence-electron chi connectivity index (χ3n) is 3.77. The minimum Gasteiger partial charge on any atom is -0.497 e. The van der Waals surface area contributed by atoms with Crippen molar-refractivity contribution in [1.82, 2.24) is 10.2 Å². The van der Waals surface area contributed by atoms with Crippen molar-refractivity contribution in [3.05, 3.63) is 29.8 Å². The summed E-state index contributed by atoms with van der Waals surface area (Å²) in [6.45, 7) is 1.75. The van der Waals surface area contributed by atoms with E-state index in [0.717, 1.165) is 25.1 Å². The summed E-state index contributed by atoms with van der Waals surface area (Å²) < 4.78 is 5.17. The van der Waals surface area contributed by atoms with Gasteiger partial charge >= 0.3 is 0 Å². The Hall–Kier alpha value is -2.06. The largest absolute Gasteiger partial charge is 0.497 e. The summed E-state index contributed by atoms with van der Waals surface area (Å²) in [6.07, 6.45) is 2.52. The van der Waals surface area contributed by atoms with Crippen LogP contribution in [-0.4, -0.2) is 37.6 Å². The quantitative estimate of drug-likeness (QED) is 0.811. The number of likely N-dealkylation sites (tertiary alicyclic amines) is 1. The summed E-state index contributed by atoms with van der Waals surface area (Å²) >= 11 is 0. The molecule has 0 bridgehead atoms. The van der Waals surface area contributed by atoms with Crippen LogP contribution >= 0.6 is 0 Å². The van der Waals surface area contributed by atoms with Crippen LogP contribution in [0, 0.1) is 11.3 Å². The van der Waals surface area contributed by atoms with Crippen LogP contribution in [0.25, 0.3) is 0 Å². The second-order valence-corrected chi connectivity index (χ2v) is 5.16. The van der Waals surface area contributed by atoms with E-state index in [4.69, 9.17) is 10.00 Å². The molecule has 1 unspecified atom stereocenters. The van der Waals surface area contributed by atoms with Crippen LogP contribution in [-0.2, 0) is 4.79 Å². The van der Waals surface area contributed by atoms with E-state index < -0.39 is 0 Å². The Bertz CT molecular complexity index is 507. The van der Waals surface area contributed by atoms with Gasteiger partial charge in [-0.3, -0.25) is 9.69 Å². The van der Waals surface area contributed by atoms with E-state index >= 15 is 0 Å². The minimum absolute atomic E-state index is 0.00865. The number of amides is 1. The molecule has 112 valence electrons. The van der Waals surface area contributed by atoms with Crippen LogP contribution in [0.15, 0.2) is 24.3 Å². The molecule has 1 atom stereocenters. The Balaban J connectivity index is 1.93. The number of nitriles is 1. The monoisotopic (exact) mass is 287 g/mol. The zero-order valence-electron chi connectivity index (χ0n) is 12.3. The van der Waals surface area contributed by atoms with Crippen molar-refractivity contribution in [3.8, 4) is 11.8 Å². The highest BCUT2D eigenvalue weighted by Crippen LogP contribution is 2.32. The van der Waals surface area contributed by atoms with Crippen LogP contribution in [0.1, 0.15) is 30.9 Å². The van der Waals surface area contributed by atoms with E-state index in [0.29, 0.717) is 19.5 Å². The van der Waals surface area contributed by atoms with Gasteiger partial charge < -0.3 is 10.1 Å². The molecule has 0 aromatic heterocycles. The molecule has 5 nitrogen and oxygen atoms in total. The molecule has 0 saturated carbocycles. The smallest absolute Gasteiger partial charge is 0.234 e. The molecule has 1 aliphatic heterocycles. The van der Waals surface area contributed by atoms with Crippen molar-refractivity contribution in [1.29, 1.82) is 5.26 Å². The normalized spacial score (nSPS) is 18.2. The van der Waals surface area contributed by atoms with E-state index in [2.05, 4.69) is 22.3 Å². The maximum atomic E-state index is 11.9. The number of rotatable bonds is 6. The number of nitrogens with zero attached hydrogens (tertiary/aromatic N) is 2. The van der Waals surface area contributed by atoms with Crippen LogP contribution < -0.4 is 10.1 Å². The predicted octanol–water partition coefficient (Wildman–Crippen LogP) is 1.86. The molecule has 1 fully saturated rings. The standard InChI is InChI=1S/C16H21N3O2/c1-21-14-7-5-13(6-8-14)15-4-2-11-19(15)12-16(20)18-10-3-9-17/h5-8,15H,2-4,10-12H2,1H3,(H,18,20). The van der Waals surface area contributed by atoms with Gasteiger partial charge in [0.25, 0.3) is 0 Å². The molecular formula is C16H21N3O2. The van der Waals surface area contributed by atoms with Crippen molar-refractivity contribution in [2.75, 3.05) is 26.7 Å². The molecule has 1 N–H and O–H groups in total. The zero-order valence-corrected chi connectivity index (χ0v) is 12.3. The molecule has 21 heavy (non-hydrogen) atoms. The van der Waals surface area contributed by atoms with E-state index in [1.165, 1.54) is 5.56 Å². The van der Waals surface area contributed by atoms with Crippen molar-refractivity contribution < 1.29 is 9.53 Å². The molecule has 1 amide bonds. The summed E-state index contributed by atoms with van der Waals surface area (Å²) in [5.41, 5.74) is 1.22. The summed E-state index contributed by atoms with van der Waals surface area (Å²) in [7, 11) is 1.66. The van der Waals surface area contributed by atoms with Gasteiger partial charge in [0.05, 0.1) is 26.1 Å². The van der Waals surface area contributed by atoms with Crippen LogP contribution in [0.2, 0.25) is 0 Å². The molecule has 5 heteroatoms. The van der Waals surface area contributed by atoms with Gasteiger partial charge in [0.2, 0.25) is 5.91 Å². The lowest BCUT2D eigenvalue weighted by Crippen LogP contribution is -2.37. The number of ether oxygens (including phenoxy) is 1. The first-order valence-corrected chi connectivity index (χ1v) is 7.26. The number of benzene rings is 1. The highest BCUT2D eigenvalue weighted by Gasteiger charge is 2.27. The summed E-state index contributed by atoms with van der Waals surface area (Å²) in [6, 6.07) is 10.4. The Morgan fingerprint density at radius 3 is 2.90 bits per heavy atom. The average molecular weight is 287 g/mol. The number of hydrogen-bond donors (Lipinski definition) is 1. The third-order valence-corrected chi connectivity index (χ3v) is 3.77. The number of methoxy groups -OCH3 is 1. The maximum absolute atomic E-state index is 11.9. The molecule has 0 radical (unpaired) electrons. The van der Waals surface area contributed by atoms with E-state index in [1.807, 2.05) is 18.2 Å². The van der Waals surface area contributed by atoms with Crippen LogP contribution in [0.5, 0.6) is 5.75 Å². The van der Waals surface area contributed by atoms with Gasteiger partial charge in [-0.15, -0.1) is 0 Å². The molecule has 1 aromatic rings. The fourth-order valence-corrected chi connectivity index (χ4v) is 2.72. The first-order chi connectivity index (χ1) is 10.2. The van der Waals surface area contributed by atoms with E-state index in [-0.39, 0.29) is 11.9 Å². The highest BCUT2D eigenvalue weighted by molar-refractivity contribution is 5.78. The van der Waals surface area contributed by atoms with E-state index in [1.54, 1.807) is 7.11 Å². The van der Waals surface area contributed by atoms with E-state index in [9.17, 15) is 4.79 Å². The van der Waals surface area contributed by atoms with Crippen molar-refractivity contribution in [2.24, 2.45) is 0 Å². The fourth-order valence-electron chi connectivity index (χ4n) is 2.72. The third kappa shape index (κ3) is 4.20. The number of carbonyl (C=O) groups excluding carboxylic acids is 1. The number of carbonyl (C=O) groups is 1. The van der Waals surface area contributed by atoms with Gasteiger partial charge in [0.1, 0.15) is 5.75 Å². The van der Waals surface area contributed by atoms with Crippen LogP contribution in [0.4, 0.5) is 0 Å². The van der Waals surface area contributed by atoms with Crippen molar-refractivity contribution >= 4 is 5.91 Å². The Kier molecular flexibility index (Phi) is 5.59. The molecule has 1 heterocycles. The lowest BCUT2D eigenvalue weighted by atomic mass is 10.0. The number of nitrogens with one attached hydrogen (secondary N) is 1. The average Bonchev–Trinajstić information content (AvgIpc) is 2.95. The summed E-state index contributed by atoms with van der Waals surface area (Å²) in [5.74, 6) is 0.836. The molecule has 2 rings (SSSR count). The van der Waals surface area contributed by atoms with Gasteiger partial charge in [-0.05, 0) is 37.1 Å². The molecule has 0 spiro atoms. The van der Waals surface area contributed by atoms with Gasteiger partial charge in [-0.2, -0.15) is 5.26 Å². The summed E-state index contributed by atoms with van der Waals surface area (Å²) in [4.78, 5) is 14.1. The lowest BCUT2D eigenvalue weighted by molar-refractivity contribution is -0.122. The Morgan fingerprint density at radius 2 is 2.24 bits per heavy atom. The lowest BCUT2D eigenvalue weighted by Gasteiger charge is -2.24. The van der Waals surface area contributed by atoms with Crippen LogP contribution in [0.3, 0.4) is 0 Å². The Labute approximate surface area is 125 Å². The molecule has 0 aliphatic carbocycles. The van der Waals surface area contributed by atoms with Crippen molar-refractivity contribution in [2.45, 2.75) is 25.3 Å². The van der Waals surface area contributed by atoms with Crippen molar-refractivity contribution in [3.63, 3.8) is 0 Å². The molecule has 1 aliphatic rings. The first-order valence-electron chi connectivity index (χ1n) is 7.26. The van der Waals surface area contributed by atoms with Gasteiger partial charge in [-0.25, -0.2) is 0 Å². The second kappa shape index (κ2) is 7.65. The van der Waals surface area contributed by atoms with Gasteiger partial charge in [0, 0.05) is 12.6 Å². The Morgan fingerprint density at radius 1 is 1.48 bits per heavy atom. The minimum atomic E-state index is -0.00865. The molecule has 1 aromatic carbocycles. The maximum Gasteiger partial charge on any atom is 0.234 e. The zero-order chi connectivity index (χ0) is 15.1. The SMILES string of the molecule is COc1ccc(C2CCCN2CC(=O)NCCC#N)cc1. The molecule has 1 saturated heterocycles. The highest BCUT2D eigenvalue weighted by atomic mass is 16.5. The second-order valence-electron chi connectivity index (χ2n) is 5.16. The topological polar surface area (TPSA) is 65.4 Å². The van der Waals surface area contributed by atoms with Gasteiger partial charge in [0.15, 0.2) is 0 Å². The van der Waals surface area contributed by atoms with Gasteiger partial charge in [-0.1, -0.05) is 12.1 Å². The fraction of sp³-hybridized carbons (Fsp3) is 0.500. The first kappa shape index (κ1) is 15.3. The predicted molar refractivity (Wildman–Crippen MR) is 79.8 cm³/mol.